The lowest BCUT2D eigenvalue weighted by Gasteiger charge is -2.24. The zero-order valence-corrected chi connectivity index (χ0v) is 19.0. The molecule has 1 saturated heterocycles. The fourth-order valence-corrected chi connectivity index (χ4v) is 4.47. The SMILES string of the molecule is COc1ccc(-c2ccc3ncc(-c4ccccc4)c(OCCC4CCCCN4)c3c2)cn1. The molecule has 0 spiro atoms. The predicted octanol–water partition coefficient (Wildman–Crippen LogP) is 5.88. The van der Waals surface area contributed by atoms with Crippen LogP contribution in [0.25, 0.3) is 33.2 Å². The number of hydrogen-bond acceptors (Lipinski definition) is 5. The predicted molar refractivity (Wildman–Crippen MR) is 133 cm³/mol. The largest absolute Gasteiger partial charge is 0.492 e. The molecule has 0 aliphatic carbocycles. The highest BCUT2D eigenvalue weighted by Crippen LogP contribution is 2.37. The third-order valence-electron chi connectivity index (χ3n) is 6.31. The van der Waals surface area contributed by atoms with Crippen LogP contribution in [-0.4, -0.2) is 36.3 Å². The fraction of sp³-hybridized carbons (Fsp3) is 0.286. The molecule has 0 bridgehead atoms. The summed E-state index contributed by atoms with van der Waals surface area (Å²) in [4.78, 5) is 9.12. The van der Waals surface area contributed by atoms with Gasteiger partial charge in [0.25, 0.3) is 0 Å². The maximum absolute atomic E-state index is 6.52. The maximum atomic E-state index is 6.52. The van der Waals surface area contributed by atoms with E-state index in [0.29, 0.717) is 18.5 Å². The quantitative estimate of drug-likeness (QED) is 0.389. The first-order valence-electron chi connectivity index (χ1n) is 11.7. The molecule has 5 rings (SSSR count). The van der Waals surface area contributed by atoms with Crippen LogP contribution in [0.3, 0.4) is 0 Å². The second kappa shape index (κ2) is 10.0. The average molecular weight is 440 g/mol. The van der Waals surface area contributed by atoms with Crippen molar-refractivity contribution in [1.29, 1.82) is 0 Å². The number of pyridine rings is 2. The van der Waals surface area contributed by atoms with Crippen LogP contribution in [0, 0.1) is 0 Å². The van der Waals surface area contributed by atoms with Gasteiger partial charge in [0.2, 0.25) is 5.88 Å². The summed E-state index contributed by atoms with van der Waals surface area (Å²) in [6.07, 6.45) is 8.56. The van der Waals surface area contributed by atoms with Gasteiger partial charge in [0.05, 0.1) is 19.2 Å². The van der Waals surface area contributed by atoms with Crippen molar-refractivity contribution in [2.24, 2.45) is 0 Å². The van der Waals surface area contributed by atoms with Crippen molar-refractivity contribution in [3.8, 4) is 33.9 Å². The van der Waals surface area contributed by atoms with Crippen LogP contribution >= 0.6 is 0 Å². The number of nitrogens with zero attached hydrogens (tertiary/aromatic N) is 2. The van der Waals surface area contributed by atoms with Crippen LogP contribution in [0.1, 0.15) is 25.7 Å². The van der Waals surface area contributed by atoms with Crippen molar-refractivity contribution in [2.45, 2.75) is 31.7 Å². The number of rotatable bonds is 7. The number of fused-ring (bicyclic) bond motifs is 1. The highest BCUT2D eigenvalue weighted by atomic mass is 16.5. The van der Waals surface area contributed by atoms with E-state index in [9.17, 15) is 0 Å². The van der Waals surface area contributed by atoms with Crippen LogP contribution in [0.2, 0.25) is 0 Å². The van der Waals surface area contributed by atoms with E-state index in [4.69, 9.17) is 14.5 Å². The van der Waals surface area contributed by atoms with Crippen molar-refractivity contribution in [3.05, 3.63) is 73.1 Å². The minimum Gasteiger partial charge on any atom is -0.492 e. The summed E-state index contributed by atoms with van der Waals surface area (Å²) < 4.78 is 11.7. The van der Waals surface area contributed by atoms with Gasteiger partial charge in [-0.1, -0.05) is 42.8 Å². The van der Waals surface area contributed by atoms with Gasteiger partial charge in [0.15, 0.2) is 0 Å². The Morgan fingerprint density at radius 3 is 2.55 bits per heavy atom. The summed E-state index contributed by atoms with van der Waals surface area (Å²) in [5.74, 6) is 1.50. The minimum absolute atomic E-state index is 0.535. The molecule has 1 fully saturated rings. The Labute approximate surface area is 194 Å². The van der Waals surface area contributed by atoms with Crippen LogP contribution < -0.4 is 14.8 Å². The van der Waals surface area contributed by atoms with E-state index in [1.54, 1.807) is 7.11 Å². The van der Waals surface area contributed by atoms with E-state index in [-0.39, 0.29) is 0 Å². The molecule has 0 radical (unpaired) electrons. The van der Waals surface area contributed by atoms with Crippen molar-refractivity contribution in [2.75, 3.05) is 20.3 Å². The Morgan fingerprint density at radius 2 is 1.79 bits per heavy atom. The van der Waals surface area contributed by atoms with E-state index in [2.05, 4.69) is 52.8 Å². The highest BCUT2D eigenvalue weighted by molar-refractivity contribution is 5.94. The third kappa shape index (κ3) is 4.83. The number of piperidine rings is 1. The average Bonchev–Trinajstić information content (AvgIpc) is 2.89. The first-order valence-corrected chi connectivity index (χ1v) is 11.7. The number of nitrogens with one attached hydrogen (secondary N) is 1. The van der Waals surface area contributed by atoms with Gasteiger partial charge in [0, 0.05) is 41.0 Å². The van der Waals surface area contributed by atoms with Gasteiger partial charge in [0.1, 0.15) is 5.75 Å². The molecule has 3 heterocycles. The van der Waals surface area contributed by atoms with Crippen LogP contribution in [0.5, 0.6) is 11.6 Å². The van der Waals surface area contributed by atoms with Crippen molar-refractivity contribution < 1.29 is 9.47 Å². The molecule has 0 amide bonds. The molecule has 1 unspecified atom stereocenters. The molecule has 2 aromatic carbocycles. The first kappa shape index (κ1) is 21.4. The molecule has 1 N–H and O–H groups in total. The topological polar surface area (TPSA) is 56.3 Å². The number of hydrogen-bond donors (Lipinski definition) is 1. The molecule has 5 nitrogen and oxygen atoms in total. The molecule has 33 heavy (non-hydrogen) atoms. The molecule has 1 aliphatic rings. The normalized spacial score (nSPS) is 16.0. The third-order valence-corrected chi connectivity index (χ3v) is 6.31. The molecule has 168 valence electrons. The Hall–Kier alpha value is -3.44. The van der Waals surface area contributed by atoms with Crippen molar-refractivity contribution in [1.82, 2.24) is 15.3 Å². The van der Waals surface area contributed by atoms with E-state index >= 15 is 0 Å². The Kier molecular flexibility index (Phi) is 6.49. The lowest BCUT2D eigenvalue weighted by molar-refractivity contribution is 0.271. The van der Waals surface area contributed by atoms with Gasteiger partial charge in [-0.25, -0.2) is 4.98 Å². The Balaban J connectivity index is 1.52. The minimum atomic E-state index is 0.535. The Bertz CT molecular complexity index is 1200. The second-order valence-corrected chi connectivity index (χ2v) is 8.47. The first-order chi connectivity index (χ1) is 16.3. The van der Waals surface area contributed by atoms with Gasteiger partial charge >= 0.3 is 0 Å². The summed E-state index contributed by atoms with van der Waals surface area (Å²) in [7, 11) is 1.63. The zero-order chi connectivity index (χ0) is 22.5. The summed E-state index contributed by atoms with van der Waals surface area (Å²) >= 11 is 0. The number of benzene rings is 2. The standard InChI is InChI=1S/C28H29N3O2/c1-32-27-13-11-22(18-31-27)21-10-12-26-24(17-21)28(33-16-14-23-9-5-6-15-29-23)25(19-30-26)20-7-3-2-4-8-20/h2-4,7-8,10-13,17-19,23,29H,5-6,9,14-16H2,1H3. The molecular weight excluding hydrogens is 410 g/mol. The van der Waals surface area contributed by atoms with Gasteiger partial charge in [-0.05, 0) is 55.1 Å². The van der Waals surface area contributed by atoms with Gasteiger partial charge < -0.3 is 14.8 Å². The van der Waals surface area contributed by atoms with Crippen molar-refractivity contribution >= 4 is 10.9 Å². The number of ether oxygens (including phenoxy) is 2. The molecule has 0 saturated carbocycles. The number of methoxy groups -OCH3 is 1. The molecule has 1 atom stereocenters. The van der Waals surface area contributed by atoms with E-state index < -0.39 is 0 Å². The molecule has 2 aromatic heterocycles. The summed E-state index contributed by atoms with van der Waals surface area (Å²) in [6.45, 7) is 1.78. The fourth-order valence-electron chi connectivity index (χ4n) is 4.47. The van der Waals surface area contributed by atoms with E-state index in [1.807, 2.05) is 30.6 Å². The lowest BCUT2D eigenvalue weighted by atomic mass is 10.00. The van der Waals surface area contributed by atoms with E-state index in [0.717, 1.165) is 51.9 Å². The summed E-state index contributed by atoms with van der Waals surface area (Å²) in [5.41, 5.74) is 5.15. The molecule has 1 aliphatic heterocycles. The molecular formula is C28H29N3O2. The van der Waals surface area contributed by atoms with E-state index in [1.165, 1.54) is 19.3 Å². The second-order valence-electron chi connectivity index (χ2n) is 8.47. The highest BCUT2D eigenvalue weighted by Gasteiger charge is 2.16. The summed E-state index contributed by atoms with van der Waals surface area (Å²) in [5, 5.41) is 4.63. The number of aromatic nitrogens is 2. The summed E-state index contributed by atoms with van der Waals surface area (Å²) in [6, 6.07) is 21.1. The Morgan fingerprint density at radius 1 is 0.909 bits per heavy atom. The van der Waals surface area contributed by atoms with Crippen LogP contribution in [-0.2, 0) is 0 Å². The van der Waals surface area contributed by atoms with Gasteiger partial charge in [-0.2, -0.15) is 0 Å². The maximum Gasteiger partial charge on any atom is 0.212 e. The van der Waals surface area contributed by atoms with Crippen LogP contribution in [0.15, 0.2) is 73.1 Å². The van der Waals surface area contributed by atoms with Gasteiger partial charge in [-0.3, -0.25) is 4.98 Å². The smallest absolute Gasteiger partial charge is 0.212 e. The van der Waals surface area contributed by atoms with Crippen LogP contribution in [0.4, 0.5) is 0 Å². The van der Waals surface area contributed by atoms with Gasteiger partial charge in [-0.15, -0.1) is 0 Å². The van der Waals surface area contributed by atoms with Crippen molar-refractivity contribution in [3.63, 3.8) is 0 Å². The lowest BCUT2D eigenvalue weighted by Crippen LogP contribution is -2.35. The monoisotopic (exact) mass is 439 g/mol. The molecule has 4 aromatic rings. The molecule has 5 heteroatoms. The zero-order valence-electron chi connectivity index (χ0n) is 19.0.